The summed E-state index contributed by atoms with van der Waals surface area (Å²) in [7, 11) is 0. The Balaban J connectivity index is 0.00000281. The molecule has 0 aliphatic heterocycles. The average molecular weight is 835 g/mol. The predicted octanol–water partition coefficient (Wildman–Crippen LogP) is 3.42. The van der Waals surface area contributed by atoms with Gasteiger partial charge in [0.2, 0.25) is 0 Å². The van der Waals surface area contributed by atoms with Gasteiger partial charge in [-0.15, -0.1) is 12.8 Å². The Morgan fingerprint density at radius 2 is 0.705 bits per heavy atom. The van der Waals surface area contributed by atoms with Crippen LogP contribution >= 0.6 is 0 Å². The first-order valence-corrected chi connectivity index (χ1v) is 19.1. The molecule has 0 atom stereocenters. The third kappa shape index (κ3) is 7.58. The fourth-order valence-corrected chi connectivity index (χ4v) is 8.96. The van der Waals surface area contributed by atoms with E-state index >= 15 is 0 Å². The normalized spacial score (nSPS) is 11.7. The molecule has 0 N–H and O–H groups in total. The molecule has 0 saturated heterocycles. The summed E-state index contributed by atoms with van der Waals surface area (Å²) in [6.45, 7) is 0. The molecule has 0 aromatic heterocycles. The number of hydrogen-bond donors (Lipinski definition) is 0. The topological polar surface area (TPSA) is 80.3 Å². The van der Waals surface area contributed by atoms with Gasteiger partial charge in [0.25, 0.3) is 0 Å². The predicted molar refractivity (Wildman–Crippen MR) is 230 cm³/mol. The minimum Gasteiger partial charge on any atom is -0.545 e. The molecule has 4 nitrogen and oxygen atoms in total. The van der Waals surface area contributed by atoms with E-state index in [-0.39, 0.29) is 114 Å². The Morgan fingerprint density at radius 3 is 1.02 bits per heavy atom. The number of aromatic carboxylic acids is 2. The van der Waals surface area contributed by atoms with E-state index in [0.29, 0.717) is 44.5 Å². The summed E-state index contributed by atoms with van der Waals surface area (Å²) in [6, 6.07) is 57.4. The van der Waals surface area contributed by atoms with Crippen LogP contribution in [-0.4, -0.2) is 11.9 Å². The van der Waals surface area contributed by atoms with Crippen molar-refractivity contribution in [2.75, 3.05) is 0 Å². The van der Waals surface area contributed by atoms with Crippen LogP contribution in [0, 0.1) is 24.7 Å². The number of carboxylic acid groups (broad SMARTS) is 2. The summed E-state index contributed by atoms with van der Waals surface area (Å²) in [5.41, 5.74) is 10.2. The van der Waals surface area contributed by atoms with Crippen molar-refractivity contribution in [2.24, 2.45) is 0 Å². The molecule has 6 heteroatoms. The van der Waals surface area contributed by atoms with Gasteiger partial charge in [0.15, 0.2) is 0 Å². The van der Waals surface area contributed by atoms with Gasteiger partial charge in [-0.25, -0.2) is 0 Å². The van der Waals surface area contributed by atoms with Crippen LogP contribution in [0.3, 0.4) is 0 Å². The van der Waals surface area contributed by atoms with Crippen molar-refractivity contribution >= 4 is 11.9 Å². The van der Waals surface area contributed by atoms with Crippen LogP contribution in [0.4, 0.5) is 0 Å². The van der Waals surface area contributed by atoms with Crippen molar-refractivity contribution in [3.05, 3.63) is 226 Å². The van der Waals surface area contributed by atoms with Gasteiger partial charge in [-0.2, -0.15) is 0 Å². The van der Waals surface area contributed by atoms with Crippen LogP contribution in [0.1, 0.15) is 54.1 Å². The molecule has 8 aromatic rings. The van der Waals surface area contributed by atoms with Crippen molar-refractivity contribution in [2.45, 2.75) is 5.41 Å². The van der Waals surface area contributed by atoms with E-state index in [9.17, 15) is 19.8 Å². The number of carbonyl (C=O) groups excluding carboxylic acids is 2. The van der Waals surface area contributed by atoms with E-state index in [2.05, 4.69) is 11.8 Å². The van der Waals surface area contributed by atoms with Crippen LogP contribution < -0.4 is 113 Å². The molecule has 0 fully saturated rings. The molecule has 0 bridgehead atoms. The molecule has 8 aromatic carbocycles. The largest absolute Gasteiger partial charge is 1.00 e. The van der Waals surface area contributed by atoms with Gasteiger partial charge in [0, 0.05) is 22.3 Å². The summed E-state index contributed by atoms with van der Waals surface area (Å²) < 4.78 is 0. The number of carbonyl (C=O) groups is 2. The Hall–Kier alpha value is -4.91. The standard InChI is InChI=1S/C55H34O4.2K/c1-3-41-47(31-29-43(35-17-9-5-10-18-35)51(41)37-21-13-7-14-22-37)55(49-33-39(53(56)57)25-27-45(49)46-28-26-40(54(58)59)34-50(46)55)48-32-30-44(36-19-11-6-12-20-36)52(42(48)4-2)38-23-15-8-16-24-38;;/h1-2,5-34H,(H,56,57)(H,58,59);;/q;2*+1/p-2. The molecule has 0 radical (unpaired) electrons. The number of fused-ring (bicyclic) bond motifs is 3. The second kappa shape index (κ2) is 18.6. The number of benzene rings is 8. The molecule has 278 valence electrons. The van der Waals surface area contributed by atoms with E-state index in [1.165, 1.54) is 12.1 Å². The van der Waals surface area contributed by atoms with Gasteiger partial charge in [-0.05, 0) is 90.0 Å². The first kappa shape index (κ1) is 44.2. The first-order valence-electron chi connectivity index (χ1n) is 19.1. The van der Waals surface area contributed by atoms with Gasteiger partial charge in [-0.1, -0.05) is 182 Å². The average Bonchev–Trinajstić information content (AvgIpc) is 3.58. The smallest absolute Gasteiger partial charge is 0.545 e. The first-order chi connectivity index (χ1) is 28.9. The van der Waals surface area contributed by atoms with E-state index < -0.39 is 17.4 Å². The molecule has 0 saturated carbocycles. The van der Waals surface area contributed by atoms with E-state index in [4.69, 9.17) is 12.8 Å². The van der Waals surface area contributed by atoms with Crippen LogP contribution in [0.5, 0.6) is 0 Å². The van der Waals surface area contributed by atoms with Crippen LogP contribution in [0.15, 0.2) is 182 Å². The molecule has 0 amide bonds. The maximum Gasteiger partial charge on any atom is 1.00 e. The summed E-state index contributed by atoms with van der Waals surface area (Å²) in [5.74, 6) is 3.46. The van der Waals surface area contributed by atoms with Crippen LogP contribution in [0.25, 0.3) is 55.6 Å². The zero-order valence-electron chi connectivity index (χ0n) is 33.6. The fraction of sp³-hybridized carbons (Fsp3) is 0.0182. The fourth-order valence-electron chi connectivity index (χ4n) is 8.96. The second-order valence-corrected chi connectivity index (χ2v) is 14.4. The van der Waals surface area contributed by atoms with E-state index in [1.807, 2.05) is 146 Å². The number of terminal acetylenes is 2. The molecular weight excluding hydrogens is 803 g/mol. The minimum atomic E-state index is -1.47. The minimum absolute atomic E-state index is 0. The van der Waals surface area contributed by atoms with Gasteiger partial charge in [0.05, 0.1) is 17.4 Å². The molecule has 61 heavy (non-hydrogen) atoms. The Morgan fingerprint density at radius 1 is 0.393 bits per heavy atom. The number of carboxylic acids is 2. The maximum absolute atomic E-state index is 12.8. The second-order valence-electron chi connectivity index (χ2n) is 14.4. The van der Waals surface area contributed by atoms with Gasteiger partial charge < -0.3 is 19.8 Å². The quantitative estimate of drug-likeness (QED) is 0.174. The summed E-state index contributed by atoms with van der Waals surface area (Å²) in [6.07, 6.45) is 13.5. The molecule has 0 unspecified atom stereocenters. The van der Waals surface area contributed by atoms with Crippen molar-refractivity contribution in [1.82, 2.24) is 0 Å². The number of hydrogen-bond acceptors (Lipinski definition) is 4. The van der Waals surface area contributed by atoms with E-state index in [1.54, 1.807) is 24.3 Å². The van der Waals surface area contributed by atoms with Crippen molar-refractivity contribution < 1.29 is 123 Å². The van der Waals surface area contributed by atoms with Gasteiger partial charge in [0.1, 0.15) is 0 Å². The zero-order chi connectivity index (χ0) is 40.7. The molecular formula is C55H32K2O4. The Kier molecular flexibility index (Phi) is 13.5. The number of rotatable bonds is 8. The van der Waals surface area contributed by atoms with Crippen molar-refractivity contribution in [3.8, 4) is 80.3 Å². The third-order valence-electron chi connectivity index (χ3n) is 11.4. The molecule has 1 aliphatic rings. The Bertz CT molecular complexity index is 2850. The molecule has 1 aliphatic carbocycles. The van der Waals surface area contributed by atoms with Crippen LogP contribution in [-0.2, 0) is 5.41 Å². The zero-order valence-corrected chi connectivity index (χ0v) is 39.9. The van der Waals surface area contributed by atoms with E-state index in [0.717, 1.165) is 44.5 Å². The molecule has 9 rings (SSSR count). The monoisotopic (exact) mass is 834 g/mol. The van der Waals surface area contributed by atoms with Gasteiger partial charge in [-0.3, -0.25) is 0 Å². The summed E-state index contributed by atoms with van der Waals surface area (Å²) in [4.78, 5) is 25.5. The van der Waals surface area contributed by atoms with Crippen molar-refractivity contribution in [1.29, 1.82) is 0 Å². The molecule has 0 heterocycles. The van der Waals surface area contributed by atoms with Crippen LogP contribution in [0.2, 0.25) is 0 Å². The Labute approximate surface area is 440 Å². The maximum atomic E-state index is 12.8. The SMILES string of the molecule is C#Cc1c(C2(c3ccc(-c4ccccc4)c(-c4ccccc4)c3C#C)c3cc(C(=O)[O-])ccc3-c3ccc(C(=O)[O-])cc32)ccc(-c2ccccc2)c1-c1ccccc1.[K+].[K+]. The molecule has 0 spiro atoms. The third-order valence-corrected chi connectivity index (χ3v) is 11.4. The summed E-state index contributed by atoms with van der Waals surface area (Å²) >= 11 is 0. The summed E-state index contributed by atoms with van der Waals surface area (Å²) in [5, 5.41) is 25.5. The van der Waals surface area contributed by atoms with Gasteiger partial charge >= 0.3 is 103 Å². The van der Waals surface area contributed by atoms with Crippen molar-refractivity contribution in [3.63, 3.8) is 0 Å².